The highest BCUT2D eigenvalue weighted by Crippen LogP contribution is 2.41. The molecule has 2 aliphatic rings. The quantitative estimate of drug-likeness (QED) is 0.702. The molecule has 0 aromatic heterocycles. The fraction of sp³-hybridized carbons (Fsp3) is 0.500. The van der Waals surface area contributed by atoms with Gasteiger partial charge in [-0.2, -0.15) is 0 Å². The van der Waals surface area contributed by atoms with Crippen LogP contribution in [0.5, 0.6) is 0 Å². The summed E-state index contributed by atoms with van der Waals surface area (Å²) in [5.74, 6) is -0.552. The van der Waals surface area contributed by atoms with Crippen LogP contribution in [0.4, 0.5) is 0 Å². The molecule has 0 aliphatic carbocycles. The zero-order valence-electron chi connectivity index (χ0n) is 8.68. The molecular formula is C12H14O3. The van der Waals surface area contributed by atoms with Gasteiger partial charge in [-0.25, -0.2) is 0 Å². The van der Waals surface area contributed by atoms with Gasteiger partial charge in [-0.05, 0) is 12.5 Å². The summed E-state index contributed by atoms with van der Waals surface area (Å²) in [6.07, 6.45) is 0.0462. The van der Waals surface area contributed by atoms with Crippen molar-refractivity contribution in [1.29, 1.82) is 0 Å². The molecule has 2 heterocycles. The number of benzene rings is 1. The van der Waals surface area contributed by atoms with Gasteiger partial charge in [0.05, 0.1) is 6.61 Å². The summed E-state index contributed by atoms with van der Waals surface area (Å²) >= 11 is 0. The van der Waals surface area contributed by atoms with E-state index in [-0.39, 0.29) is 12.2 Å². The van der Waals surface area contributed by atoms with Crippen LogP contribution in [0.25, 0.3) is 0 Å². The SMILES string of the molecule is C[C@@]12COC[C@@H](O1)[C@@H](c1ccccc1)O2. The number of rotatable bonds is 1. The first-order valence-corrected chi connectivity index (χ1v) is 5.25. The second-order valence-corrected chi connectivity index (χ2v) is 4.25. The minimum absolute atomic E-state index is 0.0127. The zero-order valence-corrected chi connectivity index (χ0v) is 8.68. The Labute approximate surface area is 89.0 Å². The first-order chi connectivity index (χ1) is 7.27. The lowest BCUT2D eigenvalue weighted by Crippen LogP contribution is -2.38. The van der Waals surface area contributed by atoms with Crippen molar-refractivity contribution in [3.05, 3.63) is 35.9 Å². The van der Waals surface area contributed by atoms with Gasteiger partial charge in [0.25, 0.3) is 0 Å². The molecule has 3 rings (SSSR count). The van der Waals surface area contributed by atoms with E-state index in [2.05, 4.69) is 12.1 Å². The molecule has 3 heteroatoms. The van der Waals surface area contributed by atoms with Gasteiger partial charge in [-0.15, -0.1) is 0 Å². The molecule has 80 valence electrons. The Bertz CT molecular complexity index is 351. The fourth-order valence-electron chi connectivity index (χ4n) is 2.23. The van der Waals surface area contributed by atoms with Crippen molar-refractivity contribution in [2.24, 2.45) is 0 Å². The lowest BCUT2D eigenvalue weighted by Gasteiger charge is -2.26. The number of hydrogen-bond donors (Lipinski definition) is 0. The standard InChI is InChI=1S/C12H14O3/c1-12-8-13-7-10(14-12)11(15-12)9-5-3-2-4-6-9/h2-6,10-11H,7-8H2,1H3/t10-,11-,12-/m1/s1. The van der Waals surface area contributed by atoms with Crippen molar-refractivity contribution in [2.75, 3.05) is 13.2 Å². The van der Waals surface area contributed by atoms with Crippen LogP contribution in [0.2, 0.25) is 0 Å². The van der Waals surface area contributed by atoms with Gasteiger partial charge in [0, 0.05) is 0 Å². The van der Waals surface area contributed by atoms with E-state index in [0.717, 1.165) is 5.56 Å². The Kier molecular flexibility index (Phi) is 2.06. The summed E-state index contributed by atoms with van der Waals surface area (Å²) in [4.78, 5) is 0. The average Bonchev–Trinajstić information content (AvgIpc) is 2.50. The normalized spacial score (nSPS) is 39.3. The Hall–Kier alpha value is -0.900. The van der Waals surface area contributed by atoms with Crippen LogP contribution in [0, 0.1) is 0 Å². The molecule has 0 amide bonds. The molecule has 2 aliphatic heterocycles. The highest BCUT2D eigenvalue weighted by Gasteiger charge is 2.48. The van der Waals surface area contributed by atoms with E-state index in [1.54, 1.807) is 0 Å². The van der Waals surface area contributed by atoms with Crippen LogP contribution in [0.3, 0.4) is 0 Å². The predicted octanol–water partition coefficient (Wildman–Crippen LogP) is 1.89. The van der Waals surface area contributed by atoms with Crippen LogP contribution in [0.1, 0.15) is 18.6 Å². The third-order valence-electron chi connectivity index (χ3n) is 2.89. The average molecular weight is 206 g/mol. The zero-order chi connectivity index (χ0) is 10.3. The molecule has 0 N–H and O–H groups in total. The molecule has 1 aromatic rings. The summed E-state index contributed by atoms with van der Waals surface area (Å²) in [5.41, 5.74) is 1.16. The fourth-order valence-corrected chi connectivity index (χ4v) is 2.23. The highest BCUT2D eigenvalue weighted by atomic mass is 16.8. The lowest BCUT2D eigenvalue weighted by atomic mass is 10.1. The van der Waals surface area contributed by atoms with Gasteiger partial charge >= 0.3 is 0 Å². The monoisotopic (exact) mass is 206 g/mol. The number of ether oxygens (including phenoxy) is 3. The first-order valence-electron chi connectivity index (χ1n) is 5.25. The van der Waals surface area contributed by atoms with Crippen molar-refractivity contribution in [1.82, 2.24) is 0 Å². The second-order valence-electron chi connectivity index (χ2n) is 4.25. The summed E-state index contributed by atoms with van der Waals surface area (Å²) in [6.45, 7) is 3.07. The smallest absolute Gasteiger partial charge is 0.190 e. The molecule has 1 aromatic carbocycles. The molecule has 2 fully saturated rings. The Morgan fingerprint density at radius 1 is 1.20 bits per heavy atom. The van der Waals surface area contributed by atoms with Gasteiger partial charge < -0.3 is 14.2 Å². The van der Waals surface area contributed by atoms with Crippen LogP contribution >= 0.6 is 0 Å². The van der Waals surface area contributed by atoms with E-state index in [1.165, 1.54) is 0 Å². The maximum Gasteiger partial charge on any atom is 0.190 e. The maximum atomic E-state index is 5.91. The van der Waals surface area contributed by atoms with Crippen molar-refractivity contribution >= 4 is 0 Å². The molecule has 0 saturated carbocycles. The molecule has 3 atom stereocenters. The summed E-state index contributed by atoms with van der Waals surface area (Å²) in [5, 5.41) is 0. The van der Waals surface area contributed by atoms with Crippen LogP contribution in [-0.4, -0.2) is 25.1 Å². The van der Waals surface area contributed by atoms with E-state index < -0.39 is 5.79 Å². The van der Waals surface area contributed by atoms with Gasteiger partial charge in [-0.3, -0.25) is 0 Å². The van der Waals surface area contributed by atoms with Crippen molar-refractivity contribution in [2.45, 2.75) is 24.9 Å². The third-order valence-corrected chi connectivity index (χ3v) is 2.89. The molecule has 0 unspecified atom stereocenters. The van der Waals surface area contributed by atoms with E-state index in [9.17, 15) is 0 Å². The van der Waals surface area contributed by atoms with Gasteiger partial charge in [0.1, 0.15) is 18.8 Å². The molecule has 3 nitrogen and oxygen atoms in total. The molecule has 0 spiro atoms. The highest BCUT2D eigenvalue weighted by molar-refractivity contribution is 5.20. The van der Waals surface area contributed by atoms with Crippen molar-refractivity contribution in [3.63, 3.8) is 0 Å². The maximum absolute atomic E-state index is 5.91. The molecule has 2 bridgehead atoms. The molecule has 2 saturated heterocycles. The number of fused-ring (bicyclic) bond motifs is 2. The third kappa shape index (κ3) is 1.57. The van der Waals surface area contributed by atoms with Crippen molar-refractivity contribution < 1.29 is 14.2 Å². The van der Waals surface area contributed by atoms with Gasteiger partial charge in [-0.1, -0.05) is 30.3 Å². The lowest BCUT2D eigenvalue weighted by molar-refractivity contribution is -0.226. The summed E-state index contributed by atoms with van der Waals surface area (Å²) in [6, 6.07) is 10.2. The minimum Gasteiger partial charge on any atom is -0.373 e. The van der Waals surface area contributed by atoms with E-state index in [4.69, 9.17) is 14.2 Å². The molecule has 15 heavy (non-hydrogen) atoms. The topological polar surface area (TPSA) is 27.7 Å². The first kappa shape index (κ1) is 9.33. The summed E-state index contributed by atoms with van der Waals surface area (Å²) in [7, 11) is 0. The second kappa shape index (κ2) is 3.30. The Morgan fingerprint density at radius 3 is 2.73 bits per heavy atom. The van der Waals surface area contributed by atoms with E-state index in [0.29, 0.717) is 13.2 Å². The Balaban J connectivity index is 1.90. The molecule has 0 radical (unpaired) electrons. The van der Waals surface area contributed by atoms with Gasteiger partial charge in [0.2, 0.25) is 0 Å². The molecular weight excluding hydrogens is 192 g/mol. The van der Waals surface area contributed by atoms with Crippen LogP contribution < -0.4 is 0 Å². The van der Waals surface area contributed by atoms with E-state index in [1.807, 2.05) is 25.1 Å². The van der Waals surface area contributed by atoms with E-state index >= 15 is 0 Å². The minimum atomic E-state index is -0.552. The van der Waals surface area contributed by atoms with Crippen molar-refractivity contribution in [3.8, 4) is 0 Å². The van der Waals surface area contributed by atoms with Crippen LogP contribution in [-0.2, 0) is 14.2 Å². The van der Waals surface area contributed by atoms with Gasteiger partial charge in [0.15, 0.2) is 5.79 Å². The Morgan fingerprint density at radius 2 is 2.00 bits per heavy atom. The summed E-state index contributed by atoms with van der Waals surface area (Å²) < 4.78 is 17.2. The predicted molar refractivity (Wildman–Crippen MR) is 54.4 cm³/mol. The number of hydrogen-bond acceptors (Lipinski definition) is 3. The largest absolute Gasteiger partial charge is 0.373 e. The van der Waals surface area contributed by atoms with Crippen LogP contribution in [0.15, 0.2) is 30.3 Å².